The Hall–Kier alpha value is -2.61. The normalized spacial score (nSPS) is 10.8. The highest BCUT2D eigenvalue weighted by Gasteiger charge is 2.12. The third-order valence-electron chi connectivity index (χ3n) is 3.04. The van der Waals surface area contributed by atoms with Crippen molar-refractivity contribution < 1.29 is 8.81 Å². The molecule has 6 nitrogen and oxygen atoms in total. The topological polar surface area (TPSA) is 82.8 Å². The third kappa shape index (κ3) is 3.42. The molecule has 0 radical (unpaired) electrons. The van der Waals surface area contributed by atoms with E-state index < -0.39 is 0 Å². The van der Waals surface area contributed by atoms with E-state index in [0.29, 0.717) is 40.6 Å². The van der Waals surface area contributed by atoms with Crippen LogP contribution in [0.15, 0.2) is 52.7 Å². The van der Waals surface area contributed by atoms with Gasteiger partial charge in [0, 0.05) is 12.1 Å². The van der Waals surface area contributed by atoms with Crippen LogP contribution in [-0.2, 0) is 12.3 Å². The van der Waals surface area contributed by atoms with E-state index in [-0.39, 0.29) is 5.82 Å². The highest BCUT2D eigenvalue weighted by Crippen LogP contribution is 2.26. The number of halogens is 1. The second kappa shape index (κ2) is 6.66. The number of allylic oxidation sites excluding steroid dienone is 1. The van der Waals surface area contributed by atoms with Gasteiger partial charge in [-0.15, -0.1) is 16.8 Å². The molecule has 3 rings (SSSR count). The van der Waals surface area contributed by atoms with Crippen LogP contribution in [-0.4, -0.2) is 19.7 Å². The first-order valence-corrected chi connectivity index (χ1v) is 7.79. The Labute approximate surface area is 136 Å². The van der Waals surface area contributed by atoms with E-state index in [1.807, 2.05) is 0 Å². The number of rotatable bonds is 6. The van der Waals surface area contributed by atoms with Crippen LogP contribution in [0.3, 0.4) is 0 Å². The molecule has 0 atom stereocenters. The Morgan fingerprint density at radius 3 is 3.04 bits per heavy atom. The SMILES string of the molecule is C=CCn1c(N)nnc1SCc1ncc(-c2cccc(F)c2)o1. The van der Waals surface area contributed by atoms with E-state index in [4.69, 9.17) is 10.2 Å². The van der Waals surface area contributed by atoms with Crippen LogP contribution < -0.4 is 5.73 Å². The molecule has 0 aliphatic heterocycles. The van der Waals surface area contributed by atoms with Crippen molar-refractivity contribution in [3.63, 3.8) is 0 Å². The Bertz CT molecular complexity index is 829. The van der Waals surface area contributed by atoms with Gasteiger partial charge in [0.15, 0.2) is 10.9 Å². The molecular weight excluding hydrogens is 317 g/mol. The molecule has 118 valence electrons. The highest BCUT2D eigenvalue weighted by atomic mass is 32.2. The van der Waals surface area contributed by atoms with E-state index in [1.165, 1.54) is 23.9 Å². The molecule has 8 heteroatoms. The maximum Gasteiger partial charge on any atom is 0.222 e. The number of nitrogens with zero attached hydrogens (tertiary/aromatic N) is 4. The number of nitrogen functional groups attached to an aromatic ring is 1. The molecule has 0 saturated heterocycles. The van der Waals surface area contributed by atoms with Crippen LogP contribution >= 0.6 is 11.8 Å². The third-order valence-corrected chi connectivity index (χ3v) is 4.00. The minimum Gasteiger partial charge on any atom is -0.440 e. The van der Waals surface area contributed by atoms with Gasteiger partial charge in [-0.2, -0.15) is 0 Å². The Kier molecular flexibility index (Phi) is 4.42. The molecule has 1 aromatic carbocycles. The van der Waals surface area contributed by atoms with Crippen molar-refractivity contribution in [3.05, 3.63) is 54.8 Å². The molecule has 2 N–H and O–H groups in total. The zero-order chi connectivity index (χ0) is 16.2. The number of anilines is 1. The fourth-order valence-electron chi connectivity index (χ4n) is 1.99. The fourth-order valence-corrected chi connectivity index (χ4v) is 2.79. The molecule has 0 spiro atoms. The van der Waals surface area contributed by atoms with Gasteiger partial charge in [-0.05, 0) is 12.1 Å². The molecule has 0 unspecified atom stereocenters. The van der Waals surface area contributed by atoms with Crippen LogP contribution in [0.1, 0.15) is 5.89 Å². The fraction of sp³-hybridized carbons (Fsp3) is 0.133. The largest absolute Gasteiger partial charge is 0.440 e. The minimum atomic E-state index is -0.317. The first-order valence-electron chi connectivity index (χ1n) is 6.80. The van der Waals surface area contributed by atoms with Crippen LogP contribution in [0.25, 0.3) is 11.3 Å². The summed E-state index contributed by atoms with van der Waals surface area (Å²) in [5.74, 6) is 1.51. The molecule has 0 bridgehead atoms. The lowest BCUT2D eigenvalue weighted by atomic mass is 10.2. The zero-order valence-corrected chi connectivity index (χ0v) is 13.0. The molecule has 0 aliphatic rings. The lowest BCUT2D eigenvalue weighted by Gasteiger charge is -2.03. The zero-order valence-electron chi connectivity index (χ0n) is 12.1. The van der Waals surface area contributed by atoms with Crippen LogP contribution in [0.5, 0.6) is 0 Å². The average molecular weight is 331 g/mol. The molecule has 0 amide bonds. The van der Waals surface area contributed by atoms with Gasteiger partial charge in [-0.25, -0.2) is 9.37 Å². The molecule has 0 fully saturated rings. The second-order valence-corrected chi connectivity index (χ2v) is 5.60. The highest BCUT2D eigenvalue weighted by molar-refractivity contribution is 7.98. The summed E-state index contributed by atoms with van der Waals surface area (Å²) >= 11 is 1.40. The summed E-state index contributed by atoms with van der Waals surface area (Å²) in [6, 6.07) is 6.18. The summed E-state index contributed by atoms with van der Waals surface area (Å²) in [5.41, 5.74) is 6.39. The molecule has 2 aromatic heterocycles. The van der Waals surface area contributed by atoms with Crippen molar-refractivity contribution in [2.45, 2.75) is 17.5 Å². The maximum absolute atomic E-state index is 13.2. The predicted octanol–water partition coefficient (Wildman–Crippen LogP) is 3.13. The summed E-state index contributed by atoms with van der Waals surface area (Å²) < 4.78 is 20.6. The number of hydrogen-bond donors (Lipinski definition) is 1. The molecular formula is C15H14FN5OS. The van der Waals surface area contributed by atoms with Crippen LogP contribution in [0, 0.1) is 5.82 Å². The summed E-state index contributed by atoms with van der Waals surface area (Å²) in [6.07, 6.45) is 3.30. The number of oxazole rings is 1. The van der Waals surface area contributed by atoms with Gasteiger partial charge in [-0.3, -0.25) is 4.57 Å². The van der Waals surface area contributed by atoms with Crippen LogP contribution in [0.4, 0.5) is 10.3 Å². The van der Waals surface area contributed by atoms with Crippen molar-refractivity contribution >= 4 is 17.7 Å². The van der Waals surface area contributed by atoms with E-state index in [1.54, 1.807) is 29.0 Å². The quantitative estimate of drug-likeness (QED) is 0.552. The predicted molar refractivity (Wildman–Crippen MR) is 86.1 cm³/mol. The van der Waals surface area contributed by atoms with Gasteiger partial charge in [-0.1, -0.05) is 30.0 Å². The lowest BCUT2D eigenvalue weighted by molar-refractivity contribution is 0.528. The molecule has 0 saturated carbocycles. The summed E-state index contributed by atoms with van der Waals surface area (Å²) in [5, 5.41) is 8.51. The van der Waals surface area contributed by atoms with E-state index >= 15 is 0 Å². The average Bonchev–Trinajstić information content (AvgIpc) is 3.14. The van der Waals surface area contributed by atoms with E-state index in [2.05, 4.69) is 21.8 Å². The number of hydrogen-bond acceptors (Lipinski definition) is 6. The van der Waals surface area contributed by atoms with Gasteiger partial charge < -0.3 is 10.2 Å². The molecule has 2 heterocycles. The Balaban J connectivity index is 1.71. The number of benzene rings is 1. The monoisotopic (exact) mass is 331 g/mol. The van der Waals surface area contributed by atoms with Crippen LogP contribution in [0.2, 0.25) is 0 Å². The van der Waals surface area contributed by atoms with Gasteiger partial charge in [0.1, 0.15) is 5.82 Å². The van der Waals surface area contributed by atoms with Crippen molar-refractivity contribution in [1.82, 2.24) is 19.7 Å². The molecule has 3 aromatic rings. The summed E-state index contributed by atoms with van der Waals surface area (Å²) in [6.45, 7) is 4.21. The van der Waals surface area contributed by atoms with Crippen molar-refractivity contribution in [3.8, 4) is 11.3 Å². The van der Waals surface area contributed by atoms with Gasteiger partial charge >= 0.3 is 0 Å². The van der Waals surface area contributed by atoms with E-state index in [9.17, 15) is 4.39 Å². The van der Waals surface area contributed by atoms with Gasteiger partial charge in [0.25, 0.3) is 0 Å². The summed E-state index contributed by atoms with van der Waals surface area (Å²) in [4.78, 5) is 4.20. The smallest absolute Gasteiger partial charge is 0.222 e. The first kappa shape index (κ1) is 15.3. The Morgan fingerprint density at radius 1 is 1.39 bits per heavy atom. The summed E-state index contributed by atoms with van der Waals surface area (Å²) in [7, 11) is 0. The second-order valence-electron chi connectivity index (χ2n) is 4.66. The number of aromatic nitrogens is 4. The molecule has 23 heavy (non-hydrogen) atoms. The number of nitrogens with two attached hydrogens (primary N) is 1. The maximum atomic E-state index is 13.2. The van der Waals surface area contributed by atoms with E-state index in [0.717, 1.165) is 0 Å². The number of thioether (sulfide) groups is 1. The standard InChI is InChI=1S/C15H14FN5OS/c1-2-6-21-14(17)19-20-15(21)23-9-13-18-8-12(22-13)10-4-3-5-11(16)7-10/h2-5,7-8H,1,6,9H2,(H2,17,19). The Morgan fingerprint density at radius 2 is 2.26 bits per heavy atom. The van der Waals surface area contributed by atoms with Crippen molar-refractivity contribution in [2.24, 2.45) is 0 Å². The van der Waals surface area contributed by atoms with Crippen molar-refractivity contribution in [1.29, 1.82) is 0 Å². The lowest BCUT2D eigenvalue weighted by Crippen LogP contribution is -2.03. The van der Waals surface area contributed by atoms with Gasteiger partial charge in [0.05, 0.1) is 11.9 Å². The van der Waals surface area contributed by atoms with Gasteiger partial charge in [0.2, 0.25) is 11.8 Å². The molecule has 0 aliphatic carbocycles. The minimum absolute atomic E-state index is 0.317. The van der Waals surface area contributed by atoms with Crippen molar-refractivity contribution in [2.75, 3.05) is 5.73 Å². The first-order chi connectivity index (χ1) is 11.2.